The lowest BCUT2D eigenvalue weighted by Gasteiger charge is -2.18. The van der Waals surface area contributed by atoms with Crippen molar-refractivity contribution in [1.82, 2.24) is 4.90 Å². The number of benzene rings is 1. The van der Waals surface area contributed by atoms with Crippen LogP contribution in [0.3, 0.4) is 0 Å². The Morgan fingerprint density at radius 1 is 1.38 bits per heavy atom. The first-order valence-corrected chi connectivity index (χ1v) is 4.71. The summed E-state index contributed by atoms with van der Waals surface area (Å²) in [5, 5.41) is 8.59. The van der Waals surface area contributed by atoms with Crippen molar-refractivity contribution >= 4 is 11.9 Å². The van der Waals surface area contributed by atoms with Crippen molar-refractivity contribution in [2.75, 3.05) is 6.54 Å². The van der Waals surface area contributed by atoms with Crippen LogP contribution in [0.5, 0.6) is 0 Å². The molecule has 5 heteroatoms. The first kappa shape index (κ1) is 12.2. The van der Waals surface area contributed by atoms with Gasteiger partial charge in [0.15, 0.2) is 0 Å². The molecule has 0 heterocycles. The summed E-state index contributed by atoms with van der Waals surface area (Å²) >= 11 is 0. The normalized spacial score (nSPS) is 9.88. The first-order valence-electron chi connectivity index (χ1n) is 4.71. The maximum absolute atomic E-state index is 13.3. The molecule has 1 rings (SSSR count). The van der Waals surface area contributed by atoms with Gasteiger partial charge >= 0.3 is 5.97 Å². The van der Waals surface area contributed by atoms with Crippen LogP contribution < -0.4 is 0 Å². The van der Waals surface area contributed by atoms with E-state index in [0.717, 1.165) is 4.90 Å². The van der Waals surface area contributed by atoms with E-state index in [0.29, 0.717) is 5.56 Å². The molecule has 16 heavy (non-hydrogen) atoms. The molecular formula is C11H12FNO3. The second-order valence-corrected chi connectivity index (χ2v) is 3.36. The molecule has 4 nitrogen and oxygen atoms in total. The van der Waals surface area contributed by atoms with Crippen LogP contribution in [0.25, 0.3) is 0 Å². The standard InChI is InChI=1S/C11H12FNO3/c1-8(14)13(7-11(15)16)6-9-4-2-3-5-10(9)12/h2-5H,6-7H2,1H3,(H,15,16). The van der Waals surface area contributed by atoms with E-state index in [9.17, 15) is 14.0 Å². The molecule has 0 saturated heterocycles. The topological polar surface area (TPSA) is 57.6 Å². The summed E-state index contributed by atoms with van der Waals surface area (Å²) in [5.74, 6) is -1.96. The van der Waals surface area contributed by atoms with Crippen molar-refractivity contribution in [1.29, 1.82) is 0 Å². The highest BCUT2D eigenvalue weighted by molar-refractivity contribution is 5.79. The third-order valence-corrected chi connectivity index (χ3v) is 2.09. The second-order valence-electron chi connectivity index (χ2n) is 3.36. The molecule has 0 saturated carbocycles. The van der Waals surface area contributed by atoms with Crippen LogP contribution in [0.2, 0.25) is 0 Å². The van der Waals surface area contributed by atoms with Crippen molar-refractivity contribution in [3.8, 4) is 0 Å². The van der Waals surface area contributed by atoms with Crippen LogP contribution in [0.15, 0.2) is 24.3 Å². The van der Waals surface area contributed by atoms with Crippen LogP contribution in [0, 0.1) is 5.82 Å². The highest BCUT2D eigenvalue weighted by Crippen LogP contribution is 2.09. The van der Waals surface area contributed by atoms with Gasteiger partial charge in [0.2, 0.25) is 5.91 Å². The molecule has 0 bridgehead atoms. The van der Waals surface area contributed by atoms with E-state index in [-0.39, 0.29) is 6.54 Å². The molecule has 1 amide bonds. The fraction of sp³-hybridized carbons (Fsp3) is 0.273. The number of carbonyl (C=O) groups excluding carboxylic acids is 1. The lowest BCUT2D eigenvalue weighted by Crippen LogP contribution is -2.33. The van der Waals surface area contributed by atoms with E-state index >= 15 is 0 Å². The third-order valence-electron chi connectivity index (χ3n) is 2.09. The molecule has 1 aromatic rings. The van der Waals surface area contributed by atoms with E-state index in [1.807, 2.05) is 0 Å². The zero-order chi connectivity index (χ0) is 12.1. The fourth-order valence-corrected chi connectivity index (χ4v) is 1.27. The van der Waals surface area contributed by atoms with E-state index in [2.05, 4.69) is 0 Å². The Bertz CT molecular complexity index is 406. The third kappa shape index (κ3) is 3.34. The van der Waals surface area contributed by atoms with Crippen LogP contribution in [0.4, 0.5) is 4.39 Å². The number of hydrogen-bond acceptors (Lipinski definition) is 2. The number of halogens is 1. The number of carbonyl (C=O) groups is 2. The molecule has 0 unspecified atom stereocenters. The fourth-order valence-electron chi connectivity index (χ4n) is 1.27. The van der Waals surface area contributed by atoms with Gasteiger partial charge in [0, 0.05) is 19.0 Å². The monoisotopic (exact) mass is 225 g/mol. The summed E-state index contributed by atoms with van der Waals surface area (Å²) < 4.78 is 13.3. The molecule has 1 N–H and O–H groups in total. The van der Waals surface area contributed by atoms with Crippen molar-refractivity contribution in [3.63, 3.8) is 0 Å². The number of hydrogen-bond donors (Lipinski definition) is 1. The highest BCUT2D eigenvalue weighted by atomic mass is 19.1. The van der Waals surface area contributed by atoms with Gasteiger partial charge in [0.1, 0.15) is 12.4 Å². The van der Waals surface area contributed by atoms with Crippen LogP contribution >= 0.6 is 0 Å². The molecule has 0 aromatic heterocycles. The summed E-state index contributed by atoms with van der Waals surface area (Å²) in [6.45, 7) is 0.793. The largest absolute Gasteiger partial charge is 0.480 e. The molecule has 86 valence electrons. The van der Waals surface area contributed by atoms with Gasteiger partial charge in [-0.25, -0.2) is 4.39 Å². The molecular weight excluding hydrogens is 213 g/mol. The number of carboxylic acids is 1. The molecule has 0 aliphatic heterocycles. The van der Waals surface area contributed by atoms with Gasteiger partial charge in [-0.2, -0.15) is 0 Å². The minimum absolute atomic E-state index is 0.0334. The molecule has 0 atom stereocenters. The Morgan fingerprint density at radius 3 is 2.50 bits per heavy atom. The van der Waals surface area contributed by atoms with Crippen molar-refractivity contribution in [2.45, 2.75) is 13.5 Å². The van der Waals surface area contributed by atoms with Crippen molar-refractivity contribution in [2.24, 2.45) is 0 Å². The van der Waals surface area contributed by atoms with Crippen LogP contribution in [-0.2, 0) is 16.1 Å². The lowest BCUT2D eigenvalue weighted by molar-refractivity contribution is -0.144. The quantitative estimate of drug-likeness (QED) is 0.839. The number of rotatable bonds is 4. The lowest BCUT2D eigenvalue weighted by atomic mass is 10.2. The van der Waals surface area contributed by atoms with Gasteiger partial charge in [0.05, 0.1) is 0 Å². The minimum Gasteiger partial charge on any atom is -0.480 e. The van der Waals surface area contributed by atoms with Gasteiger partial charge in [-0.15, -0.1) is 0 Å². The van der Waals surface area contributed by atoms with Crippen LogP contribution in [0.1, 0.15) is 12.5 Å². The highest BCUT2D eigenvalue weighted by Gasteiger charge is 2.14. The average molecular weight is 225 g/mol. The van der Waals surface area contributed by atoms with Crippen molar-refractivity contribution in [3.05, 3.63) is 35.6 Å². The average Bonchev–Trinajstić information content (AvgIpc) is 2.19. The number of carboxylic acid groups (broad SMARTS) is 1. The minimum atomic E-state index is -1.12. The predicted molar refractivity (Wildman–Crippen MR) is 55.1 cm³/mol. The zero-order valence-electron chi connectivity index (χ0n) is 8.81. The molecule has 0 aliphatic carbocycles. The molecule has 1 aromatic carbocycles. The maximum atomic E-state index is 13.3. The molecule has 0 fully saturated rings. The Balaban J connectivity index is 2.80. The summed E-state index contributed by atoms with van der Waals surface area (Å²) in [7, 11) is 0. The summed E-state index contributed by atoms with van der Waals surface area (Å²) in [4.78, 5) is 22.7. The second kappa shape index (κ2) is 5.25. The molecule has 0 aliphatic rings. The number of nitrogens with zero attached hydrogens (tertiary/aromatic N) is 1. The Morgan fingerprint density at radius 2 is 2.00 bits per heavy atom. The number of aliphatic carboxylic acids is 1. The number of amides is 1. The molecule has 0 spiro atoms. The maximum Gasteiger partial charge on any atom is 0.323 e. The smallest absolute Gasteiger partial charge is 0.323 e. The van der Waals surface area contributed by atoms with Gasteiger partial charge < -0.3 is 10.0 Å². The van der Waals surface area contributed by atoms with E-state index in [1.165, 1.54) is 25.1 Å². The van der Waals surface area contributed by atoms with Crippen LogP contribution in [-0.4, -0.2) is 28.4 Å². The summed E-state index contributed by atoms with van der Waals surface area (Å²) in [6.07, 6.45) is 0. The summed E-state index contributed by atoms with van der Waals surface area (Å²) in [6, 6.07) is 5.97. The van der Waals surface area contributed by atoms with Gasteiger partial charge in [0.25, 0.3) is 0 Å². The van der Waals surface area contributed by atoms with E-state index in [4.69, 9.17) is 5.11 Å². The SMILES string of the molecule is CC(=O)N(CC(=O)O)Cc1ccccc1F. The Hall–Kier alpha value is -1.91. The Kier molecular flexibility index (Phi) is 3.99. The summed E-state index contributed by atoms with van der Waals surface area (Å²) in [5.41, 5.74) is 0.305. The van der Waals surface area contributed by atoms with Gasteiger partial charge in [-0.1, -0.05) is 18.2 Å². The Labute approximate surface area is 92.3 Å². The zero-order valence-corrected chi connectivity index (χ0v) is 8.81. The van der Waals surface area contributed by atoms with Crippen molar-refractivity contribution < 1.29 is 19.1 Å². The predicted octanol–water partition coefficient (Wildman–Crippen LogP) is 1.26. The van der Waals surface area contributed by atoms with Gasteiger partial charge in [-0.05, 0) is 6.07 Å². The van der Waals surface area contributed by atoms with E-state index < -0.39 is 24.2 Å². The molecule has 0 radical (unpaired) electrons. The first-order chi connectivity index (χ1) is 7.50. The van der Waals surface area contributed by atoms with E-state index in [1.54, 1.807) is 6.07 Å². The van der Waals surface area contributed by atoms with Gasteiger partial charge in [-0.3, -0.25) is 9.59 Å².